The van der Waals surface area contributed by atoms with Crippen LogP contribution in [0.25, 0.3) is 0 Å². The molecule has 2 heterocycles. The normalized spacial score (nSPS) is 12.1. The maximum Gasteiger partial charge on any atom is 0.323 e. The summed E-state index contributed by atoms with van der Waals surface area (Å²) in [6, 6.07) is -1.60. The van der Waals surface area contributed by atoms with E-state index in [9.17, 15) is 9.59 Å². The molecule has 0 aliphatic rings. The minimum Gasteiger partial charge on any atom is -0.468 e. The molecule has 4 N–H and O–H groups in total. The Morgan fingerprint density at radius 1 is 0.926 bits per heavy atom. The van der Waals surface area contributed by atoms with Crippen molar-refractivity contribution in [3.05, 3.63) is 36.4 Å². The predicted octanol–water partition coefficient (Wildman–Crippen LogP) is -1.10. The van der Waals surface area contributed by atoms with Gasteiger partial charge in [0.15, 0.2) is 0 Å². The number of halogens is 2. The van der Waals surface area contributed by atoms with E-state index in [-0.39, 0.29) is 37.7 Å². The lowest BCUT2D eigenvalue weighted by molar-refractivity contribution is -0.142. The smallest absolute Gasteiger partial charge is 0.323 e. The van der Waals surface area contributed by atoms with Crippen molar-refractivity contribution in [2.75, 3.05) is 14.2 Å². The van der Waals surface area contributed by atoms with Gasteiger partial charge in [-0.05, 0) is 0 Å². The van der Waals surface area contributed by atoms with Gasteiger partial charge in [-0.3, -0.25) is 14.5 Å². The van der Waals surface area contributed by atoms with Crippen LogP contribution in [-0.2, 0) is 31.9 Å². The number of methoxy groups -OCH3 is 2. The fourth-order valence-corrected chi connectivity index (χ4v) is 2.02. The van der Waals surface area contributed by atoms with Crippen LogP contribution in [0.15, 0.2) is 25.0 Å². The summed E-state index contributed by atoms with van der Waals surface area (Å²) in [5.41, 5.74) is 12.5. The van der Waals surface area contributed by atoms with Gasteiger partial charge in [-0.15, -0.1) is 34.3 Å². The van der Waals surface area contributed by atoms with Crippen molar-refractivity contribution in [3.8, 4) is 0 Å². The van der Waals surface area contributed by atoms with Crippen LogP contribution in [0.4, 0.5) is 0 Å². The molecular weight excluding hydrogens is 403 g/mol. The Bertz CT molecular complexity index is 677. The molecule has 0 bridgehead atoms. The Morgan fingerprint density at radius 3 is 1.63 bits per heavy atom. The van der Waals surface area contributed by atoms with Crippen molar-refractivity contribution in [1.29, 1.82) is 0 Å². The number of aromatic nitrogens is 4. The summed E-state index contributed by atoms with van der Waals surface area (Å²) >= 11 is 0. The molecule has 2 atom stereocenters. The number of nitrogens with zero attached hydrogens (tertiary/aromatic N) is 4. The molecule has 0 aromatic carbocycles. The van der Waals surface area contributed by atoms with E-state index in [1.807, 2.05) is 0 Å². The SMILES string of the molecule is COC(=O)[C@@H](N)Cc1cn(On2cnc(C[C@H](N)C(=O)OC)c2)cn1.Cl.Cl. The van der Waals surface area contributed by atoms with Gasteiger partial charge in [0.05, 0.1) is 38.0 Å². The van der Waals surface area contributed by atoms with E-state index >= 15 is 0 Å². The van der Waals surface area contributed by atoms with Crippen molar-refractivity contribution in [2.24, 2.45) is 11.5 Å². The van der Waals surface area contributed by atoms with E-state index in [4.69, 9.17) is 16.4 Å². The van der Waals surface area contributed by atoms with Crippen molar-refractivity contribution in [1.82, 2.24) is 19.4 Å². The zero-order valence-corrected chi connectivity index (χ0v) is 16.3. The number of esters is 2. The molecule has 0 unspecified atom stereocenters. The van der Waals surface area contributed by atoms with Gasteiger partial charge in [-0.2, -0.15) is 0 Å². The van der Waals surface area contributed by atoms with Crippen molar-refractivity contribution in [3.63, 3.8) is 0 Å². The first-order valence-corrected chi connectivity index (χ1v) is 7.34. The number of nitrogens with two attached hydrogens (primary N) is 2. The second kappa shape index (κ2) is 11.4. The molecule has 0 spiro atoms. The fourth-order valence-electron chi connectivity index (χ4n) is 2.02. The highest BCUT2D eigenvalue weighted by Crippen LogP contribution is 2.03. The van der Waals surface area contributed by atoms with Crippen LogP contribution >= 0.6 is 24.8 Å². The third kappa shape index (κ3) is 7.06. The van der Waals surface area contributed by atoms with Crippen molar-refractivity contribution >= 4 is 36.8 Å². The van der Waals surface area contributed by atoms with Gasteiger partial charge in [0.25, 0.3) is 0 Å². The molecule has 152 valence electrons. The minimum atomic E-state index is -0.798. The van der Waals surface area contributed by atoms with Gasteiger partial charge in [0.2, 0.25) is 0 Å². The number of hydrogen-bond acceptors (Lipinski definition) is 9. The maximum atomic E-state index is 11.3. The summed E-state index contributed by atoms with van der Waals surface area (Å²) in [4.78, 5) is 36.3. The molecule has 0 fully saturated rings. The average Bonchev–Trinajstić information content (AvgIpc) is 3.22. The van der Waals surface area contributed by atoms with Crippen LogP contribution < -0.4 is 16.4 Å². The van der Waals surface area contributed by atoms with E-state index in [2.05, 4.69) is 19.4 Å². The summed E-state index contributed by atoms with van der Waals surface area (Å²) in [6.45, 7) is 0. The summed E-state index contributed by atoms with van der Waals surface area (Å²) < 4.78 is 11.8. The topological polar surface area (TPSA) is 150 Å². The predicted molar refractivity (Wildman–Crippen MR) is 98.3 cm³/mol. The number of rotatable bonds is 8. The Morgan fingerprint density at radius 2 is 1.30 bits per heavy atom. The Labute approximate surface area is 167 Å². The molecule has 2 aromatic heterocycles. The lowest BCUT2D eigenvalue weighted by Crippen LogP contribution is -2.33. The highest BCUT2D eigenvalue weighted by Gasteiger charge is 2.17. The zero-order chi connectivity index (χ0) is 18.4. The third-order valence-electron chi connectivity index (χ3n) is 3.28. The first-order valence-electron chi connectivity index (χ1n) is 7.34. The maximum absolute atomic E-state index is 11.3. The molecule has 2 aromatic rings. The molecule has 0 amide bonds. The van der Waals surface area contributed by atoms with Crippen LogP contribution in [0.3, 0.4) is 0 Å². The second-order valence-corrected chi connectivity index (χ2v) is 5.20. The lowest BCUT2D eigenvalue weighted by Gasteiger charge is -2.07. The first kappa shape index (κ1) is 24.7. The molecule has 11 nitrogen and oxygen atoms in total. The highest BCUT2D eigenvalue weighted by atomic mass is 35.5. The van der Waals surface area contributed by atoms with E-state index in [1.54, 1.807) is 12.4 Å². The largest absolute Gasteiger partial charge is 0.468 e. The number of hydrogen-bond donors (Lipinski definition) is 2. The molecule has 0 aliphatic carbocycles. The molecule has 0 radical (unpaired) electrons. The summed E-state index contributed by atoms with van der Waals surface area (Å²) in [7, 11) is 2.54. The highest BCUT2D eigenvalue weighted by molar-refractivity contribution is 5.85. The van der Waals surface area contributed by atoms with Gasteiger partial charge in [0.1, 0.15) is 24.7 Å². The van der Waals surface area contributed by atoms with E-state index in [1.165, 1.54) is 36.3 Å². The summed E-state index contributed by atoms with van der Waals surface area (Å²) in [6.07, 6.45) is 6.40. The summed E-state index contributed by atoms with van der Waals surface area (Å²) in [5.74, 6) is -1.03. The average molecular weight is 425 g/mol. The standard InChI is InChI=1S/C14H20N6O5.2ClH/c1-23-13(21)11(15)3-9-5-19(7-17-9)25-20-6-10(18-8-20)4-12(16)14(22)24-2;;/h5-8,11-12H,3-4,15-16H2,1-2H3;2*1H/t11-,12-;;/m0../s1. The molecule has 0 saturated carbocycles. The van der Waals surface area contributed by atoms with E-state index in [0.717, 1.165) is 0 Å². The Hall–Kier alpha value is -2.34. The van der Waals surface area contributed by atoms with E-state index in [0.29, 0.717) is 11.4 Å². The van der Waals surface area contributed by atoms with Crippen LogP contribution in [0, 0.1) is 0 Å². The zero-order valence-electron chi connectivity index (χ0n) is 14.7. The number of ether oxygens (including phenoxy) is 2. The number of imidazole rings is 2. The minimum absolute atomic E-state index is 0. The van der Waals surface area contributed by atoms with Gasteiger partial charge in [-0.1, -0.05) is 0 Å². The van der Waals surface area contributed by atoms with Gasteiger partial charge < -0.3 is 20.9 Å². The van der Waals surface area contributed by atoms with Crippen LogP contribution in [0.5, 0.6) is 0 Å². The van der Waals surface area contributed by atoms with Crippen molar-refractivity contribution in [2.45, 2.75) is 24.9 Å². The van der Waals surface area contributed by atoms with Gasteiger partial charge in [0, 0.05) is 12.8 Å². The van der Waals surface area contributed by atoms with E-state index < -0.39 is 24.0 Å². The molecular formula is C14H22Cl2N6O5. The molecule has 2 rings (SSSR count). The molecule has 0 saturated heterocycles. The summed E-state index contributed by atoms with van der Waals surface area (Å²) in [5, 5.41) is 0. The van der Waals surface area contributed by atoms with Crippen molar-refractivity contribution < 1.29 is 24.0 Å². The quantitative estimate of drug-likeness (QED) is 0.503. The number of carbonyl (C=O) groups excluding carboxylic acids is 2. The Balaban J connectivity index is 0.00000338. The monoisotopic (exact) mass is 424 g/mol. The molecule has 13 heteroatoms. The first-order chi connectivity index (χ1) is 11.9. The van der Waals surface area contributed by atoms with Crippen LogP contribution in [0.1, 0.15) is 11.4 Å². The fraction of sp³-hybridized carbons (Fsp3) is 0.429. The lowest BCUT2D eigenvalue weighted by atomic mass is 10.2. The molecule has 27 heavy (non-hydrogen) atoms. The second-order valence-electron chi connectivity index (χ2n) is 5.20. The third-order valence-corrected chi connectivity index (χ3v) is 3.28. The van der Waals surface area contributed by atoms with Crippen LogP contribution in [-0.4, -0.2) is 57.7 Å². The van der Waals surface area contributed by atoms with Crippen LogP contribution in [0.2, 0.25) is 0 Å². The van der Waals surface area contributed by atoms with Gasteiger partial charge in [-0.25, -0.2) is 9.97 Å². The molecule has 0 aliphatic heterocycles. The van der Waals surface area contributed by atoms with Gasteiger partial charge >= 0.3 is 11.9 Å². The number of carbonyl (C=O) groups is 2. The Kier molecular flexibility index (Phi) is 10.4.